The number of aromatic hydroxyl groups is 2. The first kappa shape index (κ1) is 9.16. The number of phenols is 2. The number of rotatable bonds is 1. The van der Waals surface area contributed by atoms with E-state index in [1.165, 1.54) is 12.1 Å². The lowest BCUT2D eigenvalue weighted by molar-refractivity contribution is 0.107. The van der Waals surface area contributed by atoms with Gasteiger partial charge in [-0.1, -0.05) is 11.6 Å². The van der Waals surface area contributed by atoms with E-state index in [1.807, 2.05) is 0 Å². The highest BCUT2D eigenvalue weighted by molar-refractivity contribution is 6.68. The Morgan fingerprint density at radius 2 is 1.83 bits per heavy atom. The van der Waals surface area contributed by atoms with Crippen molar-refractivity contribution in [1.82, 2.24) is 0 Å². The first-order chi connectivity index (χ1) is 5.54. The van der Waals surface area contributed by atoms with Gasteiger partial charge in [0.1, 0.15) is 0 Å². The number of benzene rings is 1. The van der Waals surface area contributed by atoms with Crippen molar-refractivity contribution >= 4 is 28.4 Å². The first-order valence-electron chi connectivity index (χ1n) is 2.94. The summed E-state index contributed by atoms with van der Waals surface area (Å²) in [6.07, 6.45) is 0. The molecule has 0 aliphatic heterocycles. The molecule has 0 heterocycles. The number of halogens is 2. The number of carbonyl (C=O) groups is 1. The van der Waals surface area contributed by atoms with Gasteiger partial charge in [0.05, 0.1) is 10.6 Å². The van der Waals surface area contributed by atoms with Gasteiger partial charge in [0.25, 0.3) is 5.24 Å². The minimum absolute atomic E-state index is 0.0332. The minimum atomic E-state index is -0.848. The average Bonchev–Trinajstić information content (AvgIpc) is 2.00. The van der Waals surface area contributed by atoms with Crippen LogP contribution in [0.5, 0.6) is 11.5 Å². The maximum Gasteiger partial charge on any atom is 0.256 e. The second-order valence-corrected chi connectivity index (χ2v) is 2.82. The third-order valence-electron chi connectivity index (χ3n) is 1.31. The van der Waals surface area contributed by atoms with E-state index in [-0.39, 0.29) is 10.6 Å². The largest absolute Gasteiger partial charge is 0.504 e. The minimum Gasteiger partial charge on any atom is -0.504 e. The molecule has 0 spiro atoms. The lowest BCUT2D eigenvalue weighted by atomic mass is 10.2. The lowest BCUT2D eigenvalue weighted by Gasteiger charge is -2.02. The summed E-state index contributed by atoms with van der Waals surface area (Å²) in [5.74, 6) is -1.13. The van der Waals surface area contributed by atoms with Crippen LogP contribution in [0.3, 0.4) is 0 Å². The molecule has 0 amide bonds. The van der Waals surface area contributed by atoms with Crippen molar-refractivity contribution < 1.29 is 15.0 Å². The van der Waals surface area contributed by atoms with Gasteiger partial charge >= 0.3 is 0 Å². The van der Waals surface area contributed by atoms with Crippen LogP contribution < -0.4 is 0 Å². The Morgan fingerprint density at radius 1 is 1.25 bits per heavy atom. The summed E-state index contributed by atoms with van der Waals surface area (Å²) in [5, 5.41) is 17.3. The molecule has 1 rings (SSSR count). The van der Waals surface area contributed by atoms with Crippen molar-refractivity contribution in [2.24, 2.45) is 0 Å². The molecule has 1 aromatic carbocycles. The molecular weight excluding hydrogens is 203 g/mol. The molecular formula is C7H4Cl2O3. The van der Waals surface area contributed by atoms with Crippen molar-refractivity contribution in [2.45, 2.75) is 0 Å². The molecule has 3 nitrogen and oxygen atoms in total. The second kappa shape index (κ2) is 3.21. The molecule has 0 aliphatic rings. The summed E-state index contributed by atoms with van der Waals surface area (Å²) in [7, 11) is 0. The van der Waals surface area contributed by atoms with E-state index in [9.17, 15) is 4.79 Å². The van der Waals surface area contributed by atoms with E-state index in [1.54, 1.807) is 0 Å². The van der Waals surface area contributed by atoms with E-state index in [4.69, 9.17) is 33.4 Å². The molecule has 2 N–H and O–H groups in total. The van der Waals surface area contributed by atoms with Crippen molar-refractivity contribution in [3.8, 4) is 11.5 Å². The molecule has 0 atom stereocenters. The zero-order chi connectivity index (χ0) is 9.30. The molecule has 0 saturated carbocycles. The topological polar surface area (TPSA) is 57.5 Å². The molecule has 64 valence electrons. The predicted molar refractivity (Wildman–Crippen MR) is 45.0 cm³/mol. The number of hydrogen-bond donors (Lipinski definition) is 2. The quantitative estimate of drug-likeness (QED) is 0.547. The van der Waals surface area contributed by atoms with Crippen LogP contribution in [-0.2, 0) is 0 Å². The van der Waals surface area contributed by atoms with Crippen LogP contribution >= 0.6 is 23.2 Å². The first-order valence-corrected chi connectivity index (χ1v) is 3.70. The number of phenolic OH excluding ortho intramolecular Hbond substituents is 2. The van der Waals surface area contributed by atoms with Crippen molar-refractivity contribution in [1.29, 1.82) is 0 Å². The third kappa shape index (κ3) is 1.47. The molecule has 0 radical (unpaired) electrons. The fourth-order valence-electron chi connectivity index (χ4n) is 0.714. The van der Waals surface area contributed by atoms with Crippen molar-refractivity contribution in [3.63, 3.8) is 0 Å². The van der Waals surface area contributed by atoms with Gasteiger partial charge in [-0.05, 0) is 23.7 Å². The number of carbonyl (C=O) groups excluding carboxylic acids is 1. The molecule has 5 heteroatoms. The highest BCUT2D eigenvalue weighted by Crippen LogP contribution is 2.36. The van der Waals surface area contributed by atoms with Crippen molar-refractivity contribution in [3.05, 3.63) is 22.7 Å². The maximum absolute atomic E-state index is 10.6. The van der Waals surface area contributed by atoms with Crippen LogP contribution in [0, 0.1) is 0 Å². The zero-order valence-electron chi connectivity index (χ0n) is 5.71. The summed E-state index contributed by atoms with van der Waals surface area (Å²) in [6.45, 7) is 0. The lowest BCUT2D eigenvalue weighted by Crippen LogP contribution is -1.89. The summed E-state index contributed by atoms with van der Waals surface area (Å²) >= 11 is 10.5. The normalized spacial score (nSPS) is 9.83. The second-order valence-electron chi connectivity index (χ2n) is 2.07. The van der Waals surface area contributed by atoms with Gasteiger partial charge in [-0.2, -0.15) is 0 Å². The highest BCUT2D eigenvalue weighted by Gasteiger charge is 2.14. The van der Waals surface area contributed by atoms with Gasteiger partial charge in [0.2, 0.25) is 0 Å². The fourth-order valence-corrected chi connectivity index (χ4v) is 1.02. The van der Waals surface area contributed by atoms with Gasteiger partial charge < -0.3 is 10.2 Å². The van der Waals surface area contributed by atoms with Crippen LogP contribution in [-0.4, -0.2) is 15.5 Å². The smallest absolute Gasteiger partial charge is 0.256 e. The standard InChI is InChI=1S/C7H4Cl2O3/c8-4-2-1-3(7(9)12)5(10)6(4)11/h1-2,10-11H. The van der Waals surface area contributed by atoms with Crippen LogP contribution in [0.4, 0.5) is 0 Å². The molecule has 0 saturated heterocycles. The summed E-state index contributed by atoms with van der Waals surface area (Å²) < 4.78 is 0. The average molecular weight is 207 g/mol. The Balaban J connectivity index is 3.36. The summed E-state index contributed by atoms with van der Waals surface area (Å²) in [6, 6.07) is 2.50. The Labute approximate surface area is 78.2 Å². The molecule has 0 aromatic heterocycles. The molecule has 0 unspecified atom stereocenters. The summed E-state index contributed by atoms with van der Waals surface area (Å²) in [5.41, 5.74) is -0.168. The maximum atomic E-state index is 10.6. The SMILES string of the molecule is O=C(Cl)c1ccc(Cl)c(O)c1O. The van der Waals surface area contributed by atoms with Crippen molar-refractivity contribution in [2.75, 3.05) is 0 Å². The van der Waals surface area contributed by atoms with Crippen LogP contribution in [0.2, 0.25) is 5.02 Å². The Kier molecular flexibility index (Phi) is 2.45. The van der Waals surface area contributed by atoms with E-state index in [0.717, 1.165) is 0 Å². The van der Waals surface area contributed by atoms with E-state index in [2.05, 4.69) is 0 Å². The van der Waals surface area contributed by atoms with E-state index < -0.39 is 16.7 Å². The third-order valence-corrected chi connectivity index (χ3v) is 1.82. The Hall–Kier alpha value is -0.930. The Morgan fingerprint density at radius 3 is 2.33 bits per heavy atom. The molecule has 0 bridgehead atoms. The zero-order valence-corrected chi connectivity index (χ0v) is 7.23. The van der Waals surface area contributed by atoms with E-state index in [0.29, 0.717) is 0 Å². The van der Waals surface area contributed by atoms with Crippen LogP contribution in [0.25, 0.3) is 0 Å². The van der Waals surface area contributed by atoms with Crippen LogP contribution in [0.1, 0.15) is 10.4 Å². The predicted octanol–water partition coefficient (Wildman–Crippen LogP) is 2.13. The van der Waals surface area contributed by atoms with E-state index >= 15 is 0 Å². The fraction of sp³-hybridized carbons (Fsp3) is 0. The van der Waals surface area contributed by atoms with Crippen LogP contribution in [0.15, 0.2) is 12.1 Å². The van der Waals surface area contributed by atoms with Gasteiger partial charge in [0, 0.05) is 0 Å². The highest BCUT2D eigenvalue weighted by atomic mass is 35.5. The molecule has 1 aromatic rings. The molecule has 12 heavy (non-hydrogen) atoms. The van der Waals surface area contributed by atoms with Gasteiger partial charge in [-0.25, -0.2) is 0 Å². The van der Waals surface area contributed by atoms with Gasteiger partial charge in [-0.3, -0.25) is 4.79 Å². The molecule has 0 aliphatic carbocycles. The monoisotopic (exact) mass is 206 g/mol. The Bertz CT molecular complexity index is 336. The summed E-state index contributed by atoms with van der Waals surface area (Å²) in [4.78, 5) is 10.6. The van der Waals surface area contributed by atoms with Gasteiger partial charge in [-0.15, -0.1) is 0 Å². The van der Waals surface area contributed by atoms with Gasteiger partial charge in [0.15, 0.2) is 11.5 Å². The number of hydrogen-bond acceptors (Lipinski definition) is 3. The molecule has 0 fully saturated rings.